The molecule has 1 aromatic heterocycles. The molecule has 1 amide bonds. The second-order valence-electron chi connectivity index (χ2n) is 3.94. The van der Waals surface area contributed by atoms with E-state index in [0.717, 1.165) is 17.1 Å². The smallest absolute Gasteiger partial charge is 0.287 e. The number of hydrogen-bond acceptors (Lipinski definition) is 3. The SMILES string of the molecule is COc1cccc(CNC(=O)c2ccc(C)o2)c1. The Morgan fingerprint density at radius 1 is 1.33 bits per heavy atom. The van der Waals surface area contributed by atoms with Crippen molar-refractivity contribution in [2.75, 3.05) is 7.11 Å². The minimum absolute atomic E-state index is 0.217. The molecule has 0 aliphatic heterocycles. The molecule has 4 nitrogen and oxygen atoms in total. The molecule has 18 heavy (non-hydrogen) atoms. The summed E-state index contributed by atoms with van der Waals surface area (Å²) in [7, 11) is 1.61. The van der Waals surface area contributed by atoms with Gasteiger partial charge in [-0.05, 0) is 36.8 Å². The highest BCUT2D eigenvalue weighted by atomic mass is 16.5. The molecule has 0 saturated carbocycles. The Morgan fingerprint density at radius 3 is 2.83 bits per heavy atom. The Hall–Kier alpha value is -2.23. The zero-order valence-electron chi connectivity index (χ0n) is 10.4. The summed E-state index contributed by atoms with van der Waals surface area (Å²) in [6, 6.07) is 11.0. The molecular formula is C14H15NO3. The fourth-order valence-corrected chi connectivity index (χ4v) is 1.61. The number of hydrogen-bond donors (Lipinski definition) is 1. The van der Waals surface area contributed by atoms with Crippen molar-refractivity contribution >= 4 is 5.91 Å². The molecule has 94 valence electrons. The summed E-state index contributed by atoms with van der Waals surface area (Å²) >= 11 is 0. The van der Waals surface area contributed by atoms with E-state index in [0.29, 0.717) is 12.3 Å². The van der Waals surface area contributed by atoms with Crippen molar-refractivity contribution in [3.8, 4) is 5.75 Å². The second-order valence-corrected chi connectivity index (χ2v) is 3.94. The maximum atomic E-state index is 11.7. The topological polar surface area (TPSA) is 51.5 Å². The van der Waals surface area contributed by atoms with E-state index in [-0.39, 0.29) is 5.91 Å². The largest absolute Gasteiger partial charge is 0.497 e. The summed E-state index contributed by atoms with van der Waals surface area (Å²) < 4.78 is 10.4. The van der Waals surface area contributed by atoms with Crippen LogP contribution in [-0.4, -0.2) is 13.0 Å². The number of methoxy groups -OCH3 is 1. The van der Waals surface area contributed by atoms with Gasteiger partial charge in [0.1, 0.15) is 11.5 Å². The predicted molar refractivity (Wildman–Crippen MR) is 67.6 cm³/mol. The highest BCUT2D eigenvalue weighted by Crippen LogP contribution is 2.12. The number of rotatable bonds is 4. The molecule has 4 heteroatoms. The lowest BCUT2D eigenvalue weighted by Crippen LogP contribution is -2.22. The van der Waals surface area contributed by atoms with Crippen LogP contribution in [0.15, 0.2) is 40.8 Å². The van der Waals surface area contributed by atoms with E-state index >= 15 is 0 Å². The number of carbonyl (C=O) groups is 1. The number of amides is 1. The van der Waals surface area contributed by atoms with Crippen LogP contribution in [0.25, 0.3) is 0 Å². The Bertz CT molecular complexity index is 545. The van der Waals surface area contributed by atoms with Crippen LogP contribution in [0.3, 0.4) is 0 Å². The zero-order chi connectivity index (χ0) is 13.0. The van der Waals surface area contributed by atoms with Crippen molar-refractivity contribution in [1.29, 1.82) is 0 Å². The van der Waals surface area contributed by atoms with Gasteiger partial charge in [0.15, 0.2) is 5.76 Å². The van der Waals surface area contributed by atoms with E-state index in [4.69, 9.17) is 9.15 Å². The summed E-state index contributed by atoms with van der Waals surface area (Å²) in [6.07, 6.45) is 0. The number of ether oxygens (including phenoxy) is 1. The molecule has 0 aliphatic rings. The third-order valence-electron chi connectivity index (χ3n) is 2.55. The first-order chi connectivity index (χ1) is 8.69. The number of benzene rings is 1. The van der Waals surface area contributed by atoms with Gasteiger partial charge in [-0.15, -0.1) is 0 Å². The Kier molecular flexibility index (Phi) is 3.67. The first-order valence-corrected chi connectivity index (χ1v) is 5.66. The molecule has 0 saturated heterocycles. The molecule has 0 spiro atoms. The average molecular weight is 245 g/mol. The zero-order valence-corrected chi connectivity index (χ0v) is 10.4. The van der Waals surface area contributed by atoms with E-state index in [1.165, 1.54) is 0 Å². The van der Waals surface area contributed by atoms with Crippen LogP contribution in [0.5, 0.6) is 5.75 Å². The molecular weight excluding hydrogens is 230 g/mol. The van der Waals surface area contributed by atoms with Crippen molar-refractivity contribution < 1.29 is 13.9 Å². The van der Waals surface area contributed by atoms with E-state index in [2.05, 4.69) is 5.32 Å². The normalized spacial score (nSPS) is 10.1. The van der Waals surface area contributed by atoms with E-state index in [1.54, 1.807) is 26.2 Å². The first kappa shape index (κ1) is 12.2. The molecule has 2 aromatic rings. The number of nitrogens with one attached hydrogen (secondary N) is 1. The Morgan fingerprint density at radius 2 is 2.17 bits per heavy atom. The summed E-state index contributed by atoms with van der Waals surface area (Å²) in [6.45, 7) is 2.24. The highest BCUT2D eigenvalue weighted by Gasteiger charge is 2.09. The van der Waals surface area contributed by atoms with Crippen molar-refractivity contribution in [1.82, 2.24) is 5.32 Å². The standard InChI is InChI=1S/C14H15NO3/c1-10-6-7-13(18-10)14(16)15-9-11-4-3-5-12(8-11)17-2/h3-8H,9H2,1-2H3,(H,15,16). The van der Waals surface area contributed by atoms with Gasteiger partial charge in [0.05, 0.1) is 7.11 Å². The Labute approximate surface area is 106 Å². The molecule has 0 unspecified atom stereocenters. The summed E-state index contributed by atoms with van der Waals surface area (Å²) in [4.78, 5) is 11.7. The van der Waals surface area contributed by atoms with Crippen LogP contribution in [-0.2, 0) is 6.54 Å². The van der Waals surface area contributed by atoms with Crippen LogP contribution in [0, 0.1) is 6.92 Å². The van der Waals surface area contributed by atoms with Crippen LogP contribution in [0.2, 0.25) is 0 Å². The third-order valence-corrected chi connectivity index (χ3v) is 2.55. The Balaban J connectivity index is 1.97. The highest BCUT2D eigenvalue weighted by molar-refractivity contribution is 5.91. The third kappa shape index (κ3) is 2.91. The van der Waals surface area contributed by atoms with E-state index in [9.17, 15) is 4.79 Å². The summed E-state index contributed by atoms with van der Waals surface area (Å²) in [5.41, 5.74) is 0.978. The van der Waals surface area contributed by atoms with Gasteiger partial charge in [0.2, 0.25) is 0 Å². The lowest BCUT2D eigenvalue weighted by atomic mass is 10.2. The van der Waals surface area contributed by atoms with Gasteiger partial charge in [0, 0.05) is 6.54 Å². The number of furan rings is 1. The monoisotopic (exact) mass is 245 g/mol. The van der Waals surface area contributed by atoms with Crippen LogP contribution < -0.4 is 10.1 Å². The maximum absolute atomic E-state index is 11.7. The van der Waals surface area contributed by atoms with Gasteiger partial charge in [-0.3, -0.25) is 4.79 Å². The average Bonchev–Trinajstić information content (AvgIpc) is 2.83. The predicted octanol–water partition coefficient (Wildman–Crippen LogP) is 2.53. The molecule has 0 radical (unpaired) electrons. The molecule has 0 aliphatic carbocycles. The summed E-state index contributed by atoms with van der Waals surface area (Å²) in [5.74, 6) is 1.61. The first-order valence-electron chi connectivity index (χ1n) is 5.66. The number of carbonyl (C=O) groups excluding carboxylic acids is 1. The molecule has 0 atom stereocenters. The van der Waals surface area contributed by atoms with Gasteiger partial charge >= 0.3 is 0 Å². The number of aryl methyl sites for hydroxylation is 1. The van der Waals surface area contributed by atoms with Crippen molar-refractivity contribution in [2.24, 2.45) is 0 Å². The fraction of sp³-hybridized carbons (Fsp3) is 0.214. The second kappa shape index (κ2) is 5.40. The molecule has 1 aromatic carbocycles. The van der Waals surface area contributed by atoms with Gasteiger partial charge in [-0.25, -0.2) is 0 Å². The van der Waals surface area contributed by atoms with Crippen molar-refractivity contribution in [3.05, 3.63) is 53.5 Å². The quantitative estimate of drug-likeness (QED) is 0.900. The maximum Gasteiger partial charge on any atom is 0.287 e. The van der Waals surface area contributed by atoms with E-state index in [1.807, 2.05) is 24.3 Å². The van der Waals surface area contributed by atoms with Gasteiger partial charge in [-0.1, -0.05) is 12.1 Å². The van der Waals surface area contributed by atoms with Crippen molar-refractivity contribution in [3.63, 3.8) is 0 Å². The molecule has 0 bridgehead atoms. The van der Waals surface area contributed by atoms with Gasteiger partial charge in [0.25, 0.3) is 5.91 Å². The van der Waals surface area contributed by atoms with Crippen LogP contribution in [0.4, 0.5) is 0 Å². The molecule has 1 N–H and O–H groups in total. The van der Waals surface area contributed by atoms with Gasteiger partial charge < -0.3 is 14.5 Å². The molecule has 0 fully saturated rings. The van der Waals surface area contributed by atoms with Gasteiger partial charge in [-0.2, -0.15) is 0 Å². The minimum Gasteiger partial charge on any atom is -0.497 e. The molecule has 2 rings (SSSR count). The van der Waals surface area contributed by atoms with E-state index < -0.39 is 0 Å². The summed E-state index contributed by atoms with van der Waals surface area (Å²) in [5, 5.41) is 2.79. The molecule has 1 heterocycles. The van der Waals surface area contributed by atoms with Crippen LogP contribution in [0.1, 0.15) is 21.9 Å². The van der Waals surface area contributed by atoms with Crippen LogP contribution >= 0.6 is 0 Å². The fourth-order valence-electron chi connectivity index (χ4n) is 1.61. The minimum atomic E-state index is -0.217. The van der Waals surface area contributed by atoms with Crippen molar-refractivity contribution in [2.45, 2.75) is 13.5 Å². The lowest BCUT2D eigenvalue weighted by Gasteiger charge is -2.05. The lowest BCUT2D eigenvalue weighted by molar-refractivity contribution is 0.0922.